The van der Waals surface area contributed by atoms with Crippen LogP contribution in [0.3, 0.4) is 0 Å². The van der Waals surface area contributed by atoms with Crippen LogP contribution in [0.2, 0.25) is 0 Å². The van der Waals surface area contributed by atoms with Crippen LogP contribution < -0.4 is 5.32 Å². The Hall–Kier alpha value is -4.11. The molecule has 0 fully saturated rings. The van der Waals surface area contributed by atoms with E-state index in [4.69, 9.17) is 12.2 Å². The summed E-state index contributed by atoms with van der Waals surface area (Å²) in [4.78, 5) is 17.7. The van der Waals surface area contributed by atoms with Gasteiger partial charge in [-0.25, -0.2) is 9.37 Å². The van der Waals surface area contributed by atoms with Crippen LogP contribution in [0.1, 0.15) is 17.2 Å². The summed E-state index contributed by atoms with van der Waals surface area (Å²) in [5.41, 5.74) is 4.58. The van der Waals surface area contributed by atoms with E-state index < -0.39 is 6.04 Å². The SMILES string of the molecule is Cc1ccc(-c2n[nH]c(=S)n2CC(=O)NC(Cn2cnc3ccccc32)c2ccc(F)cc2)cc1. The molecule has 2 heterocycles. The monoisotopic (exact) mass is 486 g/mol. The highest BCUT2D eigenvalue weighted by Crippen LogP contribution is 2.21. The van der Waals surface area contributed by atoms with Crippen LogP contribution in [0.25, 0.3) is 22.4 Å². The molecule has 176 valence electrons. The predicted molar refractivity (Wildman–Crippen MR) is 135 cm³/mol. The summed E-state index contributed by atoms with van der Waals surface area (Å²) >= 11 is 5.40. The number of hydrogen-bond acceptors (Lipinski definition) is 4. The molecule has 9 heteroatoms. The van der Waals surface area contributed by atoms with Crippen molar-refractivity contribution in [1.29, 1.82) is 0 Å². The van der Waals surface area contributed by atoms with Crippen LogP contribution in [-0.4, -0.2) is 30.2 Å². The van der Waals surface area contributed by atoms with E-state index >= 15 is 0 Å². The molecule has 7 nitrogen and oxygen atoms in total. The number of rotatable bonds is 7. The number of H-pyrrole nitrogens is 1. The van der Waals surface area contributed by atoms with Crippen molar-refractivity contribution in [1.82, 2.24) is 29.6 Å². The van der Waals surface area contributed by atoms with E-state index in [1.807, 2.05) is 60.0 Å². The second-order valence-electron chi connectivity index (χ2n) is 8.36. The van der Waals surface area contributed by atoms with Gasteiger partial charge in [-0.15, -0.1) is 0 Å². The summed E-state index contributed by atoms with van der Waals surface area (Å²) in [5, 5.41) is 10.2. The van der Waals surface area contributed by atoms with E-state index in [2.05, 4.69) is 20.5 Å². The number of carbonyl (C=O) groups excluding carboxylic acids is 1. The van der Waals surface area contributed by atoms with Gasteiger partial charge in [-0.2, -0.15) is 5.10 Å². The Morgan fingerprint density at radius 3 is 2.60 bits per heavy atom. The fourth-order valence-corrected chi connectivity index (χ4v) is 4.25. The third-order valence-electron chi connectivity index (χ3n) is 5.88. The van der Waals surface area contributed by atoms with Gasteiger partial charge in [0.05, 0.1) is 23.4 Å². The molecule has 5 rings (SSSR count). The van der Waals surface area contributed by atoms with E-state index in [-0.39, 0.29) is 18.3 Å². The van der Waals surface area contributed by atoms with Gasteiger partial charge in [0.1, 0.15) is 12.4 Å². The minimum Gasteiger partial charge on any atom is -0.346 e. The molecule has 0 saturated heterocycles. The van der Waals surface area contributed by atoms with E-state index in [0.717, 1.165) is 27.7 Å². The summed E-state index contributed by atoms with van der Waals surface area (Å²) in [6, 6.07) is 21.4. The lowest BCUT2D eigenvalue weighted by Crippen LogP contribution is -2.34. The van der Waals surface area contributed by atoms with Crippen molar-refractivity contribution in [2.24, 2.45) is 0 Å². The highest BCUT2D eigenvalue weighted by atomic mass is 32.1. The highest BCUT2D eigenvalue weighted by molar-refractivity contribution is 7.71. The molecule has 5 aromatic rings. The zero-order chi connectivity index (χ0) is 24.4. The lowest BCUT2D eigenvalue weighted by Gasteiger charge is -2.21. The molecule has 3 aromatic carbocycles. The molecule has 35 heavy (non-hydrogen) atoms. The molecule has 0 saturated carbocycles. The minimum atomic E-state index is -0.412. The van der Waals surface area contributed by atoms with Gasteiger partial charge in [-0.3, -0.25) is 14.5 Å². The number of benzene rings is 3. The minimum absolute atomic E-state index is 0.0130. The van der Waals surface area contributed by atoms with Gasteiger partial charge in [0.25, 0.3) is 0 Å². The molecular weight excluding hydrogens is 463 g/mol. The number of amides is 1. The fourth-order valence-electron chi connectivity index (χ4n) is 4.05. The largest absolute Gasteiger partial charge is 0.346 e. The van der Waals surface area contributed by atoms with Gasteiger partial charge in [-0.1, -0.05) is 54.1 Å². The van der Waals surface area contributed by atoms with Crippen LogP contribution in [0.4, 0.5) is 4.39 Å². The molecular formula is C26H23FN6OS. The summed E-state index contributed by atoms with van der Waals surface area (Å²) in [5.74, 6) is 0.0121. The quantitative estimate of drug-likeness (QED) is 0.319. The average molecular weight is 487 g/mol. The van der Waals surface area contributed by atoms with Gasteiger partial charge < -0.3 is 9.88 Å². The molecule has 0 aliphatic heterocycles. The number of aryl methyl sites for hydroxylation is 1. The van der Waals surface area contributed by atoms with E-state index in [9.17, 15) is 9.18 Å². The molecule has 2 aromatic heterocycles. The Kier molecular flexibility index (Phi) is 6.24. The second kappa shape index (κ2) is 9.63. The van der Waals surface area contributed by atoms with Crippen molar-refractivity contribution in [2.45, 2.75) is 26.1 Å². The van der Waals surface area contributed by atoms with Crippen LogP contribution in [0.5, 0.6) is 0 Å². The third-order valence-corrected chi connectivity index (χ3v) is 6.20. The highest BCUT2D eigenvalue weighted by Gasteiger charge is 2.19. The molecule has 1 atom stereocenters. The van der Waals surface area contributed by atoms with Crippen LogP contribution in [0.15, 0.2) is 79.1 Å². The van der Waals surface area contributed by atoms with Gasteiger partial charge in [0, 0.05) is 12.1 Å². The number of halogens is 1. The number of carbonyl (C=O) groups is 1. The van der Waals surface area contributed by atoms with E-state index in [0.29, 0.717) is 17.1 Å². The summed E-state index contributed by atoms with van der Waals surface area (Å²) in [6.45, 7) is 2.42. The molecule has 0 bridgehead atoms. The van der Waals surface area contributed by atoms with Gasteiger partial charge in [-0.05, 0) is 49.0 Å². The van der Waals surface area contributed by atoms with Gasteiger partial charge in [0.15, 0.2) is 10.6 Å². The van der Waals surface area contributed by atoms with Crippen LogP contribution in [-0.2, 0) is 17.9 Å². The first-order valence-electron chi connectivity index (χ1n) is 11.1. The lowest BCUT2D eigenvalue weighted by atomic mass is 10.1. The van der Waals surface area contributed by atoms with Crippen molar-refractivity contribution in [3.05, 3.63) is 101 Å². The summed E-state index contributed by atoms with van der Waals surface area (Å²) in [6.07, 6.45) is 1.75. The third kappa shape index (κ3) is 4.90. The first-order valence-corrected chi connectivity index (χ1v) is 11.6. The fraction of sp³-hybridized carbons (Fsp3) is 0.154. The number of fused-ring (bicyclic) bond motifs is 1. The molecule has 0 aliphatic rings. The molecule has 1 amide bonds. The van der Waals surface area contributed by atoms with Crippen molar-refractivity contribution in [3.63, 3.8) is 0 Å². The zero-order valence-electron chi connectivity index (χ0n) is 19.0. The average Bonchev–Trinajstić information content (AvgIpc) is 3.43. The maximum atomic E-state index is 13.6. The van der Waals surface area contributed by atoms with Crippen molar-refractivity contribution in [2.75, 3.05) is 0 Å². The molecule has 0 radical (unpaired) electrons. The Morgan fingerprint density at radius 2 is 1.83 bits per heavy atom. The topological polar surface area (TPSA) is 80.5 Å². The zero-order valence-corrected chi connectivity index (χ0v) is 19.8. The lowest BCUT2D eigenvalue weighted by molar-refractivity contribution is -0.122. The molecule has 2 N–H and O–H groups in total. The van der Waals surface area contributed by atoms with Gasteiger partial charge >= 0.3 is 0 Å². The maximum Gasteiger partial charge on any atom is 0.240 e. The number of imidazole rings is 1. The Bertz CT molecular complexity index is 1530. The number of hydrogen-bond donors (Lipinski definition) is 2. The van der Waals surface area contributed by atoms with Crippen LogP contribution in [0, 0.1) is 17.5 Å². The number of para-hydroxylation sites is 2. The van der Waals surface area contributed by atoms with Crippen LogP contribution >= 0.6 is 12.2 Å². The molecule has 0 aliphatic carbocycles. The molecule has 0 spiro atoms. The Morgan fingerprint density at radius 1 is 1.09 bits per heavy atom. The van der Waals surface area contributed by atoms with E-state index in [1.165, 1.54) is 12.1 Å². The maximum absolute atomic E-state index is 13.6. The number of nitrogens with zero attached hydrogens (tertiary/aromatic N) is 4. The number of aromatic amines is 1. The first-order chi connectivity index (χ1) is 17.0. The number of nitrogens with one attached hydrogen (secondary N) is 2. The second-order valence-corrected chi connectivity index (χ2v) is 8.75. The van der Waals surface area contributed by atoms with Crippen molar-refractivity contribution in [3.8, 4) is 11.4 Å². The van der Waals surface area contributed by atoms with E-state index in [1.54, 1.807) is 23.0 Å². The van der Waals surface area contributed by atoms with Crippen molar-refractivity contribution < 1.29 is 9.18 Å². The summed E-state index contributed by atoms with van der Waals surface area (Å²) < 4.78 is 17.6. The van der Waals surface area contributed by atoms with Gasteiger partial charge in [0.2, 0.25) is 5.91 Å². The smallest absolute Gasteiger partial charge is 0.240 e. The predicted octanol–water partition coefficient (Wildman–Crippen LogP) is 4.96. The Balaban J connectivity index is 1.41. The van der Waals surface area contributed by atoms with Crippen molar-refractivity contribution >= 4 is 29.2 Å². The Labute approximate surface area is 206 Å². The number of aromatic nitrogens is 5. The normalized spacial score (nSPS) is 12.1. The first kappa shape index (κ1) is 22.7. The summed E-state index contributed by atoms with van der Waals surface area (Å²) in [7, 11) is 0. The molecule has 1 unspecified atom stereocenters. The standard InChI is InChI=1S/C26H23FN6OS/c1-17-6-8-19(9-7-17)25-30-31-26(35)33(25)15-24(34)29-22(18-10-12-20(27)13-11-18)14-32-16-28-21-4-2-3-5-23(21)32/h2-13,16,22H,14-15H2,1H3,(H,29,34)(H,31,35).